The molecule has 1 aliphatic rings. The standard InChI is InChI=1S/C33H23F5N6O2S/c1-19-5-6-21(14-20-3-2-4-24(34)15-20)28(13-19)44-29(45)17-47-32(44)41-31(46)40-27-12-7-22(16-26(27)35)30-39-18-43(42-30)25-10-8-23(9-11-25)33(36,37)38/h2-13,15-16,18H,14,17H2,1H3,(H,40,46)/b41-32-. The Morgan fingerprint density at radius 3 is 2.51 bits per heavy atom. The Kier molecular flexibility index (Phi) is 8.60. The van der Waals surface area contributed by atoms with Gasteiger partial charge in [0.25, 0.3) is 0 Å². The van der Waals surface area contributed by atoms with Crippen LogP contribution in [0.15, 0.2) is 96.2 Å². The van der Waals surface area contributed by atoms with E-state index in [1.54, 1.807) is 18.2 Å². The summed E-state index contributed by atoms with van der Waals surface area (Å²) in [7, 11) is 0. The zero-order valence-electron chi connectivity index (χ0n) is 24.4. The number of nitrogens with one attached hydrogen (secondary N) is 1. The molecule has 1 saturated heterocycles. The minimum atomic E-state index is -4.48. The van der Waals surface area contributed by atoms with E-state index in [-0.39, 0.29) is 39.7 Å². The number of aryl methyl sites for hydroxylation is 1. The lowest BCUT2D eigenvalue weighted by Gasteiger charge is -2.20. The second kappa shape index (κ2) is 12.8. The van der Waals surface area contributed by atoms with Crippen LogP contribution in [-0.2, 0) is 17.4 Å². The molecule has 1 fully saturated rings. The number of carbonyl (C=O) groups is 2. The van der Waals surface area contributed by atoms with E-state index in [1.807, 2.05) is 19.1 Å². The monoisotopic (exact) mass is 662 g/mol. The molecule has 238 valence electrons. The largest absolute Gasteiger partial charge is 0.416 e. The fraction of sp³-hybridized carbons (Fsp3) is 0.121. The summed E-state index contributed by atoms with van der Waals surface area (Å²) in [6.45, 7) is 1.85. The van der Waals surface area contributed by atoms with E-state index in [0.717, 1.165) is 41.1 Å². The van der Waals surface area contributed by atoms with Gasteiger partial charge >= 0.3 is 12.2 Å². The summed E-state index contributed by atoms with van der Waals surface area (Å²) in [5.74, 6) is -1.36. The molecular formula is C33H23F5N6O2S. The number of aromatic nitrogens is 3. The Morgan fingerprint density at radius 2 is 1.79 bits per heavy atom. The zero-order chi connectivity index (χ0) is 33.3. The molecule has 5 aromatic rings. The number of carbonyl (C=O) groups excluding carboxylic acids is 2. The molecule has 0 atom stereocenters. The molecule has 0 bridgehead atoms. The molecule has 14 heteroatoms. The molecule has 2 heterocycles. The maximum atomic E-state index is 15.1. The van der Waals surface area contributed by atoms with Crippen molar-refractivity contribution in [3.8, 4) is 17.1 Å². The van der Waals surface area contributed by atoms with Crippen molar-refractivity contribution in [3.05, 3.63) is 125 Å². The predicted octanol–water partition coefficient (Wildman–Crippen LogP) is 7.80. The van der Waals surface area contributed by atoms with Crippen LogP contribution in [0.25, 0.3) is 17.1 Å². The Hall–Kier alpha value is -5.37. The topological polar surface area (TPSA) is 92.5 Å². The highest BCUT2D eigenvalue weighted by atomic mass is 32.2. The van der Waals surface area contributed by atoms with Crippen LogP contribution in [0, 0.1) is 18.6 Å². The number of alkyl halides is 3. The Morgan fingerprint density at radius 1 is 1.00 bits per heavy atom. The Labute approximate surface area is 269 Å². The minimum Gasteiger partial charge on any atom is -0.303 e. The first-order valence-corrected chi connectivity index (χ1v) is 15.0. The van der Waals surface area contributed by atoms with Gasteiger partial charge in [0, 0.05) is 5.56 Å². The van der Waals surface area contributed by atoms with Gasteiger partial charge in [-0.15, -0.1) is 5.10 Å². The zero-order valence-corrected chi connectivity index (χ0v) is 25.2. The third-order valence-electron chi connectivity index (χ3n) is 7.15. The van der Waals surface area contributed by atoms with Crippen LogP contribution in [0.1, 0.15) is 22.3 Å². The van der Waals surface area contributed by atoms with E-state index in [1.165, 1.54) is 52.3 Å². The molecule has 0 radical (unpaired) electrons. The summed E-state index contributed by atoms with van der Waals surface area (Å²) in [6.07, 6.45) is -2.86. The lowest BCUT2D eigenvalue weighted by molar-refractivity contribution is -0.137. The number of amides is 3. The summed E-state index contributed by atoms with van der Waals surface area (Å²) in [5, 5.41) is 6.72. The first-order chi connectivity index (χ1) is 22.4. The number of amidine groups is 1. The van der Waals surface area contributed by atoms with Gasteiger partial charge in [0.2, 0.25) is 5.91 Å². The number of urea groups is 1. The van der Waals surface area contributed by atoms with Crippen LogP contribution in [-0.4, -0.2) is 37.6 Å². The van der Waals surface area contributed by atoms with Gasteiger partial charge in [-0.2, -0.15) is 18.2 Å². The minimum absolute atomic E-state index is 0.0363. The van der Waals surface area contributed by atoms with E-state index in [2.05, 4.69) is 20.4 Å². The van der Waals surface area contributed by atoms with E-state index < -0.39 is 23.6 Å². The third-order valence-corrected chi connectivity index (χ3v) is 8.07. The van der Waals surface area contributed by atoms with Gasteiger partial charge < -0.3 is 5.32 Å². The molecule has 0 spiro atoms. The molecule has 1 aromatic heterocycles. The molecule has 8 nitrogen and oxygen atoms in total. The maximum absolute atomic E-state index is 15.1. The van der Waals surface area contributed by atoms with Crippen LogP contribution in [0.4, 0.5) is 38.1 Å². The van der Waals surface area contributed by atoms with Crippen LogP contribution < -0.4 is 10.2 Å². The first-order valence-electron chi connectivity index (χ1n) is 14.0. The van der Waals surface area contributed by atoms with Gasteiger partial charge in [-0.25, -0.2) is 23.2 Å². The average molecular weight is 663 g/mol. The van der Waals surface area contributed by atoms with Crippen molar-refractivity contribution in [2.24, 2.45) is 4.99 Å². The molecule has 6 rings (SSSR count). The number of anilines is 2. The summed E-state index contributed by atoms with van der Waals surface area (Å²) in [4.78, 5) is 35.4. The summed E-state index contributed by atoms with van der Waals surface area (Å²) in [5.41, 5.74) is 2.38. The van der Waals surface area contributed by atoms with Crippen molar-refractivity contribution in [1.29, 1.82) is 0 Å². The SMILES string of the molecule is Cc1ccc(Cc2cccc(F)c2)c(N2C(=O)CS/C2=N\C(=O)Nc2ccc(-c3ncn(-c4ccc(C(F)(F)F)cc4)n3)cc2F)c1. The summed E-state index contributed by atoms with van der Waals surface area (Å²) in [6, 6.07) is 18.9. The molecule has 0 unspecified atom stereocenters. The van der Waals surface area contributed by atoms with Gasteiger partial charge in [-0.3, -0.25) is 9.69 Å². The van der Waals surface area contributed by atoms with E-state index >= 15 is 4.39 Å². The lowest BCUT2D eigenvalue weighted by atomic mass is 10.0. The molecule has 4 aromatic carbocycles. The van der Waals surface area contributed by atoms with Gasteiger partial charge in [0.05, 0.1) is 28.4 Å². The van der Waals surface area contributed by atoms with Gasteiger partial charge in [0.1, 0.15) is 18.0 Å². The third kappa shape index (κ3) is 7.07. The fourth-order valence-electron chi connectivity index (χ4n) is 4.89. The summed E-state index contributed by atoms with van der Waals surface area (Å²) >= 11 is 1.06. The molecule has 0 aliphatic carbocycles. The highest BCUT2D eigenvalue weighted by molar-refractivity contribution is 8.15. The fourth-order valence-corrected chi connectivity index (χ4v) is 5.75. The first kappa shape index (κ1) is 31.6. The molecule has 47 heavy (non-hydrogen) atoms. The lowest BCUT2D eigenvalue weighted by Crippen LogP contribution is -2.31. The molecule has 0 saturated carbocycles. The van der Waals surface area contributed by atoms with Crippen LogP contribution in [0.2, 0.25) is 0 Å². The molecule has 3 amide bonds. The second-order valence-electron chi connectivity index (χ2n) is 10.5. The predicted molar refractivity (Wildman–Crippen MR) is 169 cm³/mol. The smallest absolute Gasteiger partial charge is 0.303 e. The average Bonchev–Trinajstić information content (AvgIpc) is 3.66. The normalized spacial score (nSPS) is 14.2. The quantitative estimate of drug-likeness (QED) is 0.188. The van der Waals surface area contributed by atoms with Crippen molar-refractivity contribution in [2.75, 3.05) is 16.0 Å². The molecule has 1 aliphatic heterocycles. The number of hydrogen-bond acceptors (Lipinski definition) is 5. The van der Waals surface area contributed by atoms with Crippen molar-refractivity contribution in [3.63, 3.8) is 0 Å². The van der Waals surface area contributed by atoms with Crippen LogP contribution in [0.5, 0.6) is 0 Å². The number of rotatable bonds is 6. The number of benzene rings is 4. The highest BCUT2D eigenvalue weighted by Gasteiger charge is 2.32. The van der Waals surface area contributed by atoms with Crippen LogP contribution in [0.3, 0.4) is 0 Å². The van der Waals surface area contributed by atoms with E-state index in [4.69, 9.17) is 0 Å². The molecule has 1 N–H and O–H groups in total. The van der Waals surface area contributed by atoms with Crippen molar-refractivity contribution >= 4 is 40.2 Å². The number of thioether (sulfide) groups is 1. The number of aliphatic imine (C=N–C) groups is 1. The van der Waals surface area contributed by atoms with E-state index in [0.29, 0.717) is 23.4 Å². The maximum Gasteiger partial charge on any atom is 0.416 e. The molecular weight excluding hydrogens is 639 g/mol. The van der Waals surface area contributed by atoms with Gasteiger partial charge in [-0.05, 0) is 90.7 Å². The van der Waals surface area contributed by atoms with Crippen molar-refractivity contribution < 1.29 is 31.5 Å². The second-order valence-corrected chi connectivity index (χ2v) is 11.5. The van der Waals surface area contributed by atoms with Gasteiger partial charge in [-0.1, -0.05) is 36.0 Å². The number of nitrogens with zero attached hydrogens (tertiary/aromatic N) is 5. The highest BCUT2D eigenvalue weighted by Crippen LogP contribution is 2.33. The number of hydrogen-bond donors (Lipinski definition) is 1. The number of halogens is 5. The Balaban J connectivity index is 1.19. The van der Waals surface area contributed by atoms with Crippen LogP contribution >= 0.6 is 11.8 Å². The van der Waals surface area contributed by atoms with E-state index in [9.17, 15) is 27.2 Å². The Bertz CT molecular complexity index is 2030. The van der Waals surface area contributed by atoms with Crippen molar-refractivity contribution in [1.82, 2.24) is 14.8 Å². The van der Waals surface area contributed by atoms with Crippen molar-refractivity contribution in [2.45, 2.75) is 19.5 Å². The summed E-state index contributed by atoms with van der Waals surface area (Å²) < 4.78 is 68.8. The van der Waals surface area contributed by atoms with Gasteiger partial charge in [0.15, 0.2) is 11.0 Å².